The first-order valence-electron chi connectivity index (χ1n) is 10.9. The molecule has 1 atom stereocenters. The Morgan fingerprint density at radius 2 is 1.69 bits per heavy atom. The first-order valence-corrected chi connectivity index (χ1v) is 10.9. The van der Waals surface area contributed by atoms with E-state index < -0.39 is 17.7 Å². The maximum Gasteiger partial charge on any atom is 0.301 e. The lowest BCUT2D eigenvalue weighted by atomic mass is 9.94. The minimum Gasteiger partial charge on any atom is -0.507 e. The van der Waals surface area contributed by atoms with Gasteiger partial charge in [-0.05, 0) is 41.5 Å². The summed E-state index contributed by atoms with van der Waals surface area (Å²) >= 11 is 0. The van der Waals surface area contributed by atoms with Gasteiger partial charge in [0, 0.05) is 11.6 Å². The molecule has 0 saturated carbocycles. The second-order valence-electron chi connectivity index (χ2n) is 8.14. The number of methoxy groups -OCH3 is 2. The van der Waals surface area contributed by atoms with Crippen LogP contribution in [-0.2, 0) is 9.59 Å². The molecule has 8 heteroatoms. The number of hydrogen-bond donors (Lipinski definition) is 1. The van der Waals surface area contributed by atoms with E-state index in [-0.39, 0.29) is 17.2 Å². The van der Waals surface area contributed by atoms with Gasteiger partial charge in [-0.2, -0.15) is 0 Å². The van der Waals surface area contributed by atoms with Crippen LogP contribution < -0.4 is 14.4 Å². The zero-order valence-corrected chi connectivity index (χ0v) is 19.3. The van der Waals surface area contributed by atoms with Gasteiger partial charge in [0.2, 0.25) is 0 Å². The average molecular weight is 470 g/mol. The predicted octanol–water partition coefficient (Wildman–Crippen LogP) is 4.78. The third-order valence-corrected chi connectivity index (χ3v) is 6.05. The Bertz CT molecular complexity index is 1500. The number of amides is 1. The molecule has 3 aromatic carbocycles. The number of anilines is 1. The van der Waals surface area contributed by atoms with E-state index in [1.54, 1.807) is 43.3 Å². The summed E-state index contributed by atoms with van der Waals surface area (Å²) in [6.07, 6.45) is 0. The Morgan fingerprint density at radius 3 is 2.37 bits per heavy atom. The highest BCUT2D eigenvalue weighted by atomic mass is 16.5. The lowest BCUT2D eigenvalue weighted by molar-refractivity contribution is -0.132. The molecule has 1 aliphatic rings. The molecule has 4 aromatic rings. The standard InChI is InChI=1S/C27H22N2O6/c1-15-12-22(28-35-15)29-24(18-10-11-20(33-2)21(14-18)34-3)23(26(31)27(29)32)25(30)19-9-8-16-6-4-5-7-17(16)13-19/h4-14,24,30H,1-3H3/b25-23+/t24-/m1/s1. The van der Waals surface area contributed by atoms with Crippen molar-refractivity contribution in [1.82, 2.24) is 5.16 Å². The summed E-state index contributed by atoms with van der Waals surface area (Å²) in [5.41, 5.74) is 0.895. The number of ketones is 1. The second kappa shape index (κ2) is 8.64. The lowest BCUT2D eigenvalue weighted by Crippen LogP contribution is -2.29. The van der Waals surface area contributed by atoms with Crippen LogP contribution in [-0.4, -0.2) is 36.2 Å². The van der Waals surface area contributed by atoms with Crippen molar-refractivity contribution in [2.24, 2.45) is 0 Å². The van der Waals surface area contributed by atoms with E-state index in [4.69, 9.17) is 14.0 Å². The van der Waals surface area contributed by atoms with Crippen LogP contribution in [0.4, 0.5) is 5.82 Å². The van der Waals surface area contributed by atoms with Crippen molar-refractivity contribution in [1.29, 1.82) is 0 Å². The fourth-order valence-corrected chi connectivity index (χ4v) is 4.37. The van der Waals surface area contributed by atoms with Crippen LogP contribution in [0.5, 0.6) is 11.5 Å². The van der Waals surface area contributed by atoms with E-state index in [1.165, 1.54) is 19.1 Å². The predicted molar refractivity (Wildman–Crippen MR) is 130 cm³/mol. The van der Waals surface area contributed by atoms with E-state index in [9.17, 15) is 14.7 Å². The molecule has 1 saturated heterocycles. The molecule has 0 bridgehead atoms. The van der Waals surface area contributed by atoms with Crippen molar-refractivity contribution in [3.8, 4) is 11.5 Å². The van der Waals surface area contributed by atoms with E-state index in [1.807, 2.05) is 30.3 Å². The zero-order chi connectivity index (χ0) is 24.7. The minimum absolute atomic E-state index is 0.0573. The number of carbonyl (C=O) groups is 2. The summed E-state index contributed by atoms with van der Waals surface area (Å²) in [6, 6.07) is 18.7. The number of aliphatic hydroxyl groups is 1. The van der Waals surface area contributed by atoms with E-state index in [0.717, 1.165) is 10.8 Å². The third kappa shape index (κ3) is 3.69. The molecule has 1 fully saturated rings. The highest BCUT2D eigenvalue weighted by Crippen LogP contribution is 2.44. The van der Waals surface area contributed by atoms with Crippen molar-refractivity contribution in [3.63, 3.8) is 0 Å². The quantitative estimate of drug-likeness (QED) is 0.254. The van der Waals surface area contributed by atoms with Gasteiger partial charge in [-0.3, -0.25) is 14.5 Å². The molecular formula is C27H22N2O6. The molecule has 0 unspecified atom stereocenters. The Morgan fingerprint density at radius 1 is 0.943 bits per heavy atom. The smallest absolute Gasteiger partial charge is 0.301 e. The average Bonchev–Trinajstić information content (AvgIpc) is 3.42. The molecule has 1 aromatic heterocycles. The van der Waals surface area contributed by atoms with Gasteiger partial charge < -0.3 is 19.1 Å². The number of aliphatic hydroxyl groups excluding tert-OH is 1. The maximum atomic E-state index is 13.3. The number of Topliss-reactive ketones (excluding diaryl/α,β-unsaturated/α-hetero) is 1. The Kier molecular flexibility index (Phi) is 5.49. The number of fused-ring (bicyclic) bond motifs is 1. The first-order chi connectivity index (χ1) is 16.9. The van der Waals surface area contributed by atoms with Crippen LogP contribution >= 0.6 is 0 Å². The fourth-order valence-electron chi connectivity index (χ4n) is 4.37. The Labute approximate surface area is 201 Å². The van der Waals surface area contributed by atoms with Crippen LogP contribution in [0, 0.1) is 6.92 Å². The summed E-state index contributed by atoms with van der Waals surface area (Å²) in [4.78, 5) is 27.8. The number of carbonyl (C=O) groups excluding carboxylic acids is 2. The SMILES string of the molecule is COc1ccc([C@@H]2/C(=C(\O)c3ccc4ccccc4c3)C(=O)C(=O)N2c2cc(C)on2)cc1OC. The fraction of sp³-hybridized carbons (Fsp3) is 0.148. The molecule has 1 aliphatic heterocycles. The number of aryl methyl sites for hydroxylation is 1. The van der Waals surface area contributed by atoms with Crippen LogP contribution in [0.1, 0.15) is 22.9 Å². The number of aromatic nitrogens is 1. The van der Waals surface area contributed by atoms with Crippen molar-refractivity contribution in [2.75, 3.05) is 19.1 Å². The summed E-state index contributed by atoms with van der Waals surface area (Å²) in [7, 11) is 3.01. The van der Waals surface area contributed by atoms with Crippen molar-refractivity contribution in [2.45, 2.75) is 13.0 Å². The van der Waals surface area contributed by atoms with Gasteiger partial charge in [0.25, 0.3) is 5.78 Å². The largest absolute Gasteiger partial charge is 0.507 e. The number of hydrogen-bond acceptors (Lipinski definition) is 7. The van der Waals surface area contributed by atoms with Gasteiger partial charge >= 0.3 is 5.91 Å². The first kappa shape index (κ1) is 22.2. The Hall–Kier alpha value is -4.59. The normalized spacial score (nSPS) is 17.2. The molecule has 0 radical (unpaired) electrons. The summed E-state index contributed by atoms with van der Waals surface area (Å²) < 4.78 is 15.9. The van der Waals surface area contributed by atoms with Crippen molar-refractivity contribution in [3.05, 3.63) is 89.2 Å². The molecular weight excluding hydrogens is 448 g/mol. The molecule has 5 rings (SSSR count). The Balaban J connectivity index is 1.74. The molecule has 1 N–H and O–H groups in total. The zero-order valence-electron chi connectivity index (χ0n) is 19.3. The molecule has 0 spiro atoms. The number of nitrogens with zero attached hydrogens (tertiary/aromatic N) is 2. The number of rotatable bonds is 5. The molecule has 2 heterocycles. The van der Waals surface area contributed by atoms with Gasteiger partial charge in [-0.1, -0.05) is 47.6 Å². The van der Waals surface area contributed by atoms with Gasteiger partial charge in [0.15, 0.2) is 17.3 Å². The van der Waals surface area contributed by atoms with Gasteiger partial charge in [-0.15, -0.1) is 0 Å². The number of benzene rings is 3. The maximum absolute atomic E-state index is 13.3. The summed E-state index contributed by atoms with van der Waals surface area (Å²) in [6.45, 7) is 1.69. The van der Waals surface area contributed by atoms with Gasteiger partial charge in [0.1, 0.15) is 11.5 Å². The second-order valence-corrected chi connectivity index (χ2v) is 8.14. The van der Waals surface area contributed by atoms with E-state index in [0.29, 0.717) is 28.4 Å². The van der Waals surface area contributed by atoms with Crippen molar-refractivity contribution < 1.29 is 28.7 Å². The summed E-state index contributed by atoms with van der Waals surface area (Å²) in [5, 5.41) is 17.2. The third-order valence-electron chi connectivity index (χ3n) is 6.05. The monoisotopic (exact) mass is 470 g/mol. The molecule has 0 aliphatic carbocycles. The highest BCUT2D eigenvalue weighted by molar-refractivity contribution is 6.51. The molecule has 35 heavy (non-hydrogen) atoms. The molecule has 176 valence electrons. The van der Waals surface area contributed by atoms with Gasteiger partial charge in [0.05, 0.1) is 25.8 Å². The van der Waals surface area contributed by atoms with Gasteiger partial charge in [-0.25, -0.2) is 0 Å². The molecule has 1 amide bonds. The minimum atomic E-state index is -0.967. The van der Waals surface area contributed by atoms with E-state index >= 15 is 0 Å². The van der Waals surface area contributed by atoms with Crippen LogP contribution in [0.2, 0.25) is 0 Å². The lowest BCUT2D eigenvalue weighted by Gasteiger charge is -2.23. The van der Waals surface area contributed by atoms with Crippen molar-refractivity contribution >= 4 is 34.0 Å². The topological polar surface area (TPSA) is 102 Å². The van der Waals surface area contributed by atoms with Crippen LogP contribution in [0.25, 0.3) is 16.5 Å². The van der Waals surface area contributed by atoms with Crippen LogP contribution in [0.15, 0.2) is 76.8 Å². The summed E-state index contributed by atoms with van der Waals surface area (Å²) in [5.74, 6) is -0.379. The highest BCUT2D eigenvalue weighted by Gasteiger charge is 2.48. The molecule has 8 nitrogen and oxygen atoms in total. The van der Waals surface area contributed by atoms with E-state index in [2.05, 4.69) is 5.16 Å². The van der Waals surface area contributed by atoms with Crippen LogP contribution in [0.3, 0.4) is 0 Å². The number of ether oxygens (including phenoxy) is 2.